The van der Waals surface area contributed by atoms with Gasteiger partial charge in [-0.15, -0.1) is 0 Å². The van der Waals surface area contributed by atoms with Crippen LogP contribution in [0, 0.1) is 0 Å². The molecule has 150 valence electrons. The largest absolute Gasteiger partial charge is 0.349 e. The Hall–Kier alpha value is -3.68. The molecule has 0 saturated heterocycles. The highest BCUT2D eigenvalue weighted by Crippen LogP contribution is 2.16. The number of amides is 3. The van der Waals surface area contributed by atoms with Crippen molar-refractivity contribution < 1.29 is 14.4 Å². The molecule has 29 heavy (non-hydrogen) atoms. The number of carbonyl (C=O) groups is 3. The summed E-state index contributed by atoms with van der Waals surface area (Å²) >= 11 is 0. The number of fused-ring (bicyclic) bond motifs is 1. The Morgan fingerprint density at radius 3 is 2.31 bits per heavy atom. The number of nitrogens with one attached hydrogen (secondary N) is 3. The minimum absolute atomic E-state index is 0.00381. The van der Waals surface area contributed by atoms with E-state index >= 15 is 0 Å². The molecule has 3 N–H and O–H groups in total. The van der Waals surface area contributed by atoms with Crippen LogP contribution in [-0.4, -0.2) is 27.3 Å². The Morgan fingerprint density at radius 2 is 1.62 bits per heavy atom. The normalized spacial score (nSPS) is 11.7. The molecule has 8 nitrogen and oxygen atoms in total. The summed E-state index contributed by atoms with van der Waals surface area (Å²) in [5, 5.41) is 2.75. The first-order valence-corrected chi connectivity index (χ1v) is 9.24. The first-order chi connectivity index (χ1) is 13.9. The Kier molecular flexibility index (Phi) is 6.23. The van der Waals surface area contributed by atoms with Gasteiger partial charge in [-0.05, 0) is 17.7 Å². The molecule has 3 aromatic rings. The number of hydrazine groups is 1. The summed E-state index contributed by atoms with van der Waals surface area (Å²) < 4.78 is 1.85. The van der Waals surface area contributed by atoms with Crippen LogP contribution in [0.5, 0.6) is 0 Å². The molecule has 0 bridgehead atoms. The van der Waals surface area contributed by atoms with Crippen molar-refractivity contribution >= 4 is 28.8 Å². The lowest BCUT2D eigenvalue weighted by molar-refractivity contribution is -0.129. The van der Waals surface area contributed by atoms with E-state index in [1.807, 2.05) is 66.2 Å². The lowest BCUT2D eigenvalue weighted by Gasteiger charge is -2.18. The van der Waals surface area contributed by atoms with E-state index in [1.165, 1.54) is 6.92 Å². The smallest absolute Gasteiger partial charge is 0.245 e. The van der Waals surface area contributed by atoms with Crippen LogP contribution in [0.3, 0.4) is 0 Å². The van der Waals surface area contributed by atoms with Crippen molar-refractivity contribution in [1.29, 1.82) is 0 Å². The number of nitrogens with zero attached hydrogens (tertiary/aromatic N) is 2. The van der Waals surface area contributed by atoms with Gasteiger partial charge in [-0.2, -0.15) is 0 Å². The predicted molar refractivity (Wildman–Crippen MR) is 108 cm³/mol. The lowest BCUT2D eigenvalue weighted by atomic mass is 10.0. The van der Waals surface area contributed by atoms with Crippen LogP contribution in [0.25, 0.3) is 11.0 Å². The molecule has 0 spiro atoms. The van der Waals surface area contributed by atoms with Crippen molar-refractivity contribution in [1.82, 2.24) is 25.7 Å². The molecule has 0 radical (unpaired) electrons. The van der Waals surface area contributed by atoms with Gasteiger partial charge in [-0.3, -0.25) is 25.2 Å². The van der Waals surface area contributed by atoms with Gasteiger partial charge >= 0.3 is 0 Å². The van der Waals surface area contributed by atoms with E-state index in [9.17, 15) is 14.4 Å². The quantitative estimate of drug-likeness (QED) is 0.552. The first-order valence-electron chi connectivity index (χ1n) is 9.24. The fraction of sp³-hybridized carbons (Fsp3) is 0.238. The van der Waals surface area contributed by atoms with Crippen molar-refractivity contribution in [3.63, 3.8) is 0 Å². The molecule has 8 heteroatoms. The van der Waals surface area contributed by atoms with Crippen molar-refractivity contribution in [3.05, 3.63) is 66.0 Å². The molecular weight excluding hydrogens is 370 g/mol. The predicted octanol–water partition coefficient (Wildman–Crippen LogP) is 1.53. The number of benzene rings is 2. The molecule has 0 aliphatic carbocycles. The Morgan fingerprint density at radius 1 is 0.966 bits per heavy atom. The van der Waals surface area contributed by atoms with E-state index < -0.39 is 11.9 Å². The Labute approximate surface area is 168 Å². The monoisotopic (exact) mass is 393 g/mol. The SMILES string of the molecule is CC(=O)NC(CC(=O)NNC(=O)Cc1nc2ccccc2n1C)c1ccccc1. The van der Waals surface area contributed by atoms with Gasteiger partial charge in [0, 0.05) is 14.0 Å². The number of para-hydroxylation sites is 2. The van der Waals surface area contributed by atoms with Gasteiger partial charge in [0.05, 0.1) is 29.9 Å². The van der Waals surface area contributed by atoms with Gasteiger partial charge < -0.3 is 9.88 Å². The molecule has 0 aliphatic rings. The number of carbonyl (C=O) groups excluding carboxylic acids is 3. The van der Waals surface area contributed by atoms with Gasteiger partial charge in [0.15, 0.2) is 0 Å². The Bertz CT molecular complexity index is 1030. The highest BCUT2D eigenvalue weighted by Gasteiger charge is 2.18. The van der Waals surface area contributed by atoms with Crippen LogP contribution in [0.2, 0.25) is 0 Å². The minimum atomic E-state index is -0.481. The molecule has 1 aromatic heterocycles. The third-order valence-corrected chi connectivity index (χ3v) is 4.51. The van der Waals surface area contributed by atoms with E-state index in [1.54, 1.807) is 0 Å². The molecule has 1 atom stereocenters. The minimum Gasteiger partial charge on any atom is -0.349 e. The molecule has 0 fully saturated rings. The molecule has 0 saturated carbocycles. The summed E-state index contributed by atoms with van der Waals surface area (Å²) in [6.07, 6.45) is 0.0232. The number of aromatic nitrogens is 2. The fourth-order valence-corrected chi connectivity index (χ4v) is 3.10. The van der Waals surface area contributed by atoms with Gasteiger partial charge in [-0.25, -0.2) is 4.98 Å². The average molecular weight is 393 g/mol. The van der Waals surface area contributed by atoms with Crippen LogP contribution in [0.15, 0.2) is 54.6 Å². The summed E-state index contributed by atoms with van der Waals surface area (Å²) in [6, 6.07) is 16.3. The lowest BCUT2D eigenvalue weighted by Crippen LogP contribution is -2.44. The van der Waals surface area contributed by atoms with Crippen molar-refractivity contribution in [2.24, 2.45) is 7.05 Å². The number of rotatable bonds is 6. The molecule has 1 heterocycles. The number of hydrogen-bond donors (Lipinski definition) is 3. The fourth-order valence-electron chi connectivity index (χ4n) is 3.10. The summed E-state index contributed by atoms with van der Waals surface area (Å²) in [5.74, 6) is -0.436. The van der Waals surface area contributed by atoms with E-state index in [2.05, 4.69) is 21.2 Å². The average Bonchev–Trinajstić information content (AvgIpc) is 3.02. The van der Waals surface area contributed by atoms with Crippen LogP contribution >= 0.6 is 0 Å². The van der Waals surface area contributed by atoms with Crippen LogP contribution in [0.1, 0.15) is 30.8 Å². The van der Waals surface area contributed by atoms with Gasteiger partial charge in [0.2, 0.25) is 17.7 Å². The third kappa shape index (κ3) is 5.19. The maximum Gasteiger partial charge on any atom is 0.245 e. The van der Waals surface area contributed by atoms with Crippen molar-refractivity contribution in [2.75, 3.05) is 0 Å². The highest BCUT2D eigenvalue weighted by molar-refractivity contribution is 5.84. The van der Waals surface area contributed by atoms with Crippen molar-refractivity contribution in [3.8, 4) is 0 Å². The molecule has 1 unspecified atom stereocenters. The number of aryl methyl sites for hydroxylation is 1. The highest BCUT2D eigenvalue weighted by atomic mass is 16.2. The van der Waals surface area contributed by atoms with E-state index in [0.29, 0.717) is 5.82 Å². The zero-order valence-electron chi connectivity index (χ0n) is 16.3. The van der Waals surface area contributed by atoms with E-state index in [0.717, 1.165) is 16.6 Å². The summed E-state index contributed by atoms with van der Waals surface area (Å²) in [7, 11) is 1.84. The zero-order chi connectivity index (χ0) is 20.8. The Balaban J connectivity index is 1.56. The maximum atomic E-state index is 12.3. The summed E-state index contributed by atoms with van der Waals surface area (Å²) in [5.41, 5.74) is 7.36. The first kappa shape index (κ1) is 20.1. The van der Waals surface area contributed by atoms with Gasteiger partial charge in [-0.1, -0.05) is 42.5 Å². The van der Waals surface area contributed by atoms with E-state index in [-0.39, 0.29) is 24.7 Å². The number of imidazole rings is 1. The summed E-state index contributed by atoms with van der Waals surface area (Å²) in [6.45, 7) is 1.40. The van der Waals surface area contributed by atoms with Crippen LogP contribution in [0.4, 0.5) is 0 Å². The topological polar surface area (TPSA) is 105 Å². The zero-order valence-corrected chi connectivity index (χ0v) is 16.3. The third-order valence-electron chi connectivity index (χ3n) is 4.51. The van der Waals surface area contributed by atoms with Crippen LogP contribution in [-0.2, 0) is 27.9 Å². The molecule has 0 aliphatic heterocycles. The van der Waals surface area contributed by atoms with Crippen LogP contribution < -0.4 is 16.2 Å². The second-order valence-electron chi connectivity index (χ2n) is 6.72. The molecule has 3 rings (SSSR count). The molecule has 3 amide bonds. The summed E-state index contributed by atoms with van der Waals surface area (Å²) in [4.78, 5) is 40.4. The van der Waals surface area contributed by atoms with Crippen molar-refractivity contribution in [2.45, 2.75) is 25.8 Å². The van der Waals surface area contributed by atoms with E-state index in [4.69, 9.17) is 0 Å². The maximum absolute atomic E-state index is 12.3. The molecular formula is C21H23N5O3. The molecule has 2 aromatic carbocycles. The second kappa shape index (κ2) is 9.01. The van der Waals surface area contributed by atoms with Gasteiger partial charge in [0.1, 0.15) is 5.82 Å². The number of hydrogen-bond acceptors (Lipinski definition) is 4. The second-order valence-corrected chi connectivity index (χ2v) is 6.72. The standard InChI is InChI=1S/C21H23N5O3/c1-14(27)22-17(15-8-4-3-5-9-15)12-20(28)24-25-21(29)13-19-23-16-10-6-7-11-18(16)26(19)2/h3-11,17H,12-13H2,1-2H3,(H,22,27)(H,24,28)(H,25,29). The van der Waals surface area contributed by atoms with Gasteiger partial charge in [0.25, 0.3) is 0 Å².